The summed E-state index contributed by atoms with van der Waals surface area (Å²) in [5, 5.41) is 0. The van der Waals surface area contributed by atoms with E-state index in [9.17, 15) is 4.79 Å². The van der Waals surface area contributed by atoms with E-state index in [1.807, 2.05) is 36.4 Å². The lowest BCUT2D eigenvalue weighted by atomic mass is 9.80. The Labute approximate surface area is 257 Å². The minimum atomic E-state index is 0.191. The van der Waals surface area contributed by atoms with Crippen molar-refractivity contribution in [2.45, 2.75) is 51.9 Å². The second kappa shape index (κ2) is 14.7. The molecule has 0 aromatic heterocycles. The first-order chi connectivity index (χ1) is 21.0. The fourth-order valence-electron chi connectivity index (χ4n) is 6.23. The molecule has 3 aromatic rings. The summed E-state index contributed by atoms with van der Waals surface area (Å²) in [5.41, 5.74) is 5.62. The first-order valence-electron chi connectivity index (χ1n) is 15.7. The zero-order valence-electron chi connectivity index (χ0n) is 26.2. The highest BCUT2D eigenvalue weighted by molar-refractivity contribution is 5.99. The molecule has 3 aromatic carbocycles. The summed E-state index contributed by atoms with van der Waals surface area (Å²) >= 11 is 0. The molecule has 1 saturated carbocycles. The summed E-state index contributed by atoms with van der Waals surface area (Å²) in [6, 6.07) is 22.4. The molecule has 5 rings (SSSR count). The molecule has 0 bridgehead atoms. The van der Waals surface area contributed by atoms with E-state index in [1.165, 1.54) is 16.8 Å². The number of piperidine rings is 1. The van der Waals surface area contributed by atoms with Gasteiger partial charge in [0.1, 0.15) is 17.2 Å². The number of hydrogen-bond donors (Lipinski definition) is 0. The van der Waals surface area contributed by atoms with E-state index in [4.69, 9.17) is 14.2 Å². The summed E-state index contributed by atoms with van der Waals surface area (Å²) in [5.74, 6) is 3.41. The molecule has 1 heterocycles. The van der Waals surface area contributed by atoms with Crippen molar-refractivity contribution in [3.63, 3.8) is 0 Å². The molecule has 43 heavy (non-hydrogen) atoms. The number of carbonyl (C=O) groups excluding carboxylic acids is 1. The van der Waals surface area contributed by atoms with Gasteiger partial charge in [-0.05, 0) is 93.9 Å². The number of allylic oxidation sites excluding steroid dienone is 1. The number of para-hydroxylation sites is 1. The number of carbonyl (C=O) groups is 1. The lowest BCUT2D eigenvalue weighted by molar-refractivity contribution is 0.0855. The molecule has 0 unspecified atom stereocenters. The van der Waals surface area contributed by atoms with Crippen LogP contribution in [0.1, 0.15) is 66.4 Å². The normalized spacial score (nSPS) is 16.5. The summed E-state index contributed by atoms with van der Waals surface area (Å²) in [6.07, 6.45) is 7.55. The number of ether oxygens (including phenoxy) is 3. The van der Waals surface area contributed by atoms with Gasteiger partial charge < -0.3 is 19.1 Å². The summed E-state index contributed by atoms with van der Waals surface area (Å²) in [6.45, 7) is 8.48. The van der Waals surface area contributed by atoms with Crippen LogP contribution < -0.4 is 14.4 Å². The van der Waals surface area contributed by atoms with Crippen molar-refractivity contribution in [2.75, 3.05) is 51.9 Å². The van der Waals surface area contributed by atoms with Gasteiger partial charge in [-0.15, -0.1) is 0 Å². The van der Waals surface area contributed by atoms with Gasteiger partial charge in [0.15, 0.2) is 5.78 Å². The van der Waals surface area contributed by atoms with Gasteiger partial charge in [-0.2, -0.15) is 0 Å². The van der Waals surface area contributed by atoms with Crippen LogP contribution in [-0.4, -0.2) is 57.7 Å². The molecule has 6 nitrogen and oxygen atoms in total. The van der Waals surface area contributed by atoms with Crippen LogP contribution in [0.25, 0.3) is 0 Å². The molecule has 6 heteroatoms. The number of hydrogen-bond acceptors (Lipinski definition) is 6. The first-order valence-corrected chi connectivity index (χ1v) is 15.7. The maximum Gasteiger partial charge on any atom is 0.166 e. The maximum absolute atomic E-state index is 13.1. The third kappa shape index (κ3) is 7.49. The van der Waals surface area contributed by atoms with E-state index in [1.54, 1.807) is 14.2 Å². The van der Waals surface area contributed by atoms with Gasteiger partial charge >= 0.3 is 0 Å². The number of benzene rings is 3. The second-order valence-electron chi connectivity index (χ2n) is 11.8. The Morgan fingerprint density at radius 2 is 1.72 bits per heavy atom. The number of nitrogens with zero attached hydrogens (tertiary/aromatic N) is 2. The highest BCUT2D eigenvalue weighted by Gasteiger charge is 2.28. The molecular formula is C37H46N2O4. The predicted octanol–water partition coefficient (Wildman–Crippen LogP) is 8.01. The van der Waals surface area contributed by atoms with Crippen LogP contribution in [0.2, 0.25) is 0 Å². The Hall–Kier alpha value is -3.61. The van der Waals surface area contributed by atoms with Crippen molar-refractivity contribution in [1.29, 1.82) is 0 Å². The van der Waals surface area contributed by atoms with Crippen LogP contribution in [0.3, 0.4) is 0 Å². The lowest BCUT2D eigenvalue weighted by Crippen LogP contribution is -2.39. The van der Waals surface area contributed by atoms with Crippen LogP contribution in [0.5, 0.6) is 17.2 Å². The molecule has 0 spiro atoms. The van der Waals surface area contributed by atoms with Gasteiger partial charge in [0.2, 0.25) is 0 Å². The zero-order chi connectivity index (χ0) is 30.2. The Morgan fingerprint density at radius 1 is 0.953 bits per heavy atom. The summed E-state index contributed by atoms with van der Waals surface area (Å²) in [4.78, 5) is 18.0. The molecule has 0 N–H and O–H groups in total. The molecule has 2 fully saturated rings. The largest absolute Gasteiger partial charge is 0.497 e. The Bertz CT molecular complexity index is 1410. The number of methoxy groups -OCH3 is 2. The SMILES string of the molecule is CC=C(CN1CCC(c2ccccc2Oc2cccc(OC)c2)CC1)N(CCOC)c1cc(C(=O)C2CCC2)ccc1C. The first kappa shape index (κ1) is 30.8. The highest BCUT2D eigenvalue weighted by atomic mass is 16.5. The molecule has 0 radical (unpaired) electrons. The molecule has 0 amide bonds. The maximum atomic E-state index is 13.1. The van der Waals surface area contributed by atoms with Gasteiger partial charge in [-0.3, -0.25) is 9.69 Å². The van der Waals surface area contributed by atoms with Crippen molar-refractivity contribution >= 4 is 11.5 Å². The van der Waals surface area contributed by atoms with E-state index in [0.717, 1.165) is 86.8 Å². The average molecular weight is 583 g/mol. The number of anilines is 1. The van der Waals surface area contributed by atoms with Gasteiger partial charge in [-0.1, -0.05) is 48.9 Å². The molecule has 228 valence electrons. The van der Waals surface area contributed by atoms with Gasteiger partial charge in [0.05, 0.1) is 13.7 Å². The quantitative estimate of drug-likeness (QED) is 0.190. The van der Waals surface area contributed by atoms with Crippen molar-refractivity contribution in [3.8, 4) is 17.2 Å². The minimum Gasteiger partial charge on any atom is -0.497 e. The number of aryl methyl sites for hydroxylation is 1. The van der Waals surface area contributed by atoms with Crippen LogP contribution in [0, 0.1) is 12.8 Å². The van der Waals surface area contributed by atoms with Crippen LogP contribution in [0.4, 0.5) is 5.69 Å². The highest BCUT2D eigenvalue weighted by Crippen LogP contribution is 2.38. The third-order valence-electron chi connectivity index (χ3n) is 9.06. The van der Waals surface area contributed by atoms with E-state index in [-0.39, 0.29) is 5.92 Å². The number of ketones is 1. The zero-order valence-corrected chi connectivity index (χ0v) is 26.2. The molecular weight excluding hydrogens is 536 g/mol. The molecule has 0 atom stereocenters. The number of likely N-dealkylation sites (tertiary alicyclic amines) is 1. The van der Waals surface area contributed by atoms with Crippen molar-refractivity contribution < 1.29 is 19.0 Å². The standard InChI is InChI=1S/C37H46N2O4/c1-5-31(39(22-23-41-3)35-24-30(17-16-27(35)2)37(40)29-10-8-11-29)26-38-20-18-28(19-21-38)34-14-6-7-15-36(34)43-33-13-9-12-32(25-33)42-4/h5-7,9,12-17,24-25,28-29H,8,10-11,18-23,26H2,1-4H3. The Morgan fingerprint density at radius 3 is 2.42 bits per heavy atom. The van der Waals surface area contributed by atoms with Crippen molar-refractivity contribution in [3.05, 3.63) is 95.2 Å². The third-order valence-corrected chi connectivity index (χ3v) is 9.06. The van der Waals surface area contributed by atoms with Gasteiger partial charge in [0.25, 0.3) is 0 Å². The summed E-state index contributed by atoms with van der Waals surface area (Å²) in [7, 11) is 3.42. The topological polar surface area (TPSA) is 51.2 Å². The molecule has 1 aliphatic heterocycles. The van der Waals surface area contributed by atoms with Crippen LogP contribution in [0.15, 0.2) is 78.5 Å². The van der Waals surface area contributed by atoms with Gasteiger partial charge in [-0.25, -0.2) is 0 Å². The number of rotatable bonds is 13. The number of Topliss-reactive ketones (excluding diaryl/α,β-unsaturated/α-hetero) is 1. The van der Waals surface area contributed by atoms with E-state index < -0.39 is 0 Å². The molecule has 1 saturated heterocycles. The van der Waals surface area contributed by atoms with Crippen molar-refractivity contribution in [2.24, 2.45) is 5.92 Å². The van der Waals surface area contributed by atoms with Crippen molar-refractivity contribution in [1.82, 2.24) is 4.90 Å². The predicted molar refractivity (Wildman–Crippen MR) is 174 cm³/mol. The van der Waals surface area contributed by atoms with E-state index in [0.29, 0.717) is 18.3 Å². The minimum absolute atomic E-state index is 0.191. The average Bonchev–Trinajstić information content (AvgIpc) is 3.01. The van der Waals surface area contributed by atoms with E-state index >= 15 is 0 Å². The lowest BCUT2D eigenvalue weighted by Gasteiger charge is -2.36. The molecule has 2 aliphatic rings. The second-order valence-corrected chi connectivity index (χ2v) is 11.8. The fourth-order valence-corrected chi connectivity index (χ4v) is 6.23. The fraction of sp³-hybridized carbons (Fsp3) is 0.432. The Kier molecular flexibility index (Phi) is 10.6. The van der Waals surface area contributed by atoms with Crippen LogP contribution >= 0.6 is 0 Å². The Balaban J connectivity index is 1.27. The summed E-state index contributed by atoms with van der Waals surface area (Å²) < 4.78 is 17.3. The van der Waals surface area contributed by atoms with Gasteiger partial charge in [0, 0.05) is 49.1 Å². The smallest absolute Gasteiger partial charge is 0.166 e. The van der Waals surface area contributed by atoms with Crippen LogP contribution in [-0.2, 0) is 4.74 Å². The molecule has 1 aliphatic carbocycles. The monoisotopic (exact) mass is 582 g/mol. The van der Waals surface area contributed by atoms with E-state index in [2.05, 4.69) is 60.1 Å².